The Labute approximate surface area is 344 Å². The van der Waals surface area contributed by atoms with E-state index in [1.807, 2.05) is 54.6 Å². The number of phenolic OH excluding ortho intramolecular Hbond substituents is 1. The van der Waals surface area contributed by atoms with Crippen LogP contribution < -0.4 is 32.3 Å². The van der Waals surface area contributed by atoms with Crippen LogP contribution in [0.4, 0.5) is 0 Å². The highest BCUT2D eigenvalue weighted by atomic mass is 16.3. The molecule has 1 heterocycles. The monoisotopic (exact) mass is 808 g/mol. The van der Waals surface area contributed by atoms with Crippen LogP contribution in [0, 0.1) is 5.92 Å². The maximum atomic E-state index is 14.4. The number of hydrogen-bond donors (Lipinski definition) is 8. The van der Waals surface area contributed by atoms with Crippen LogP contribution in [0.3, 0.4) is 0 Å². The van der Waals surface area contributed by atoms with Crippen LogP contribution in [-0.2, 0) is 48.0 Å². The van der Waals surface area contributed by atoms with E-state index >= 15 is 0 Å². The number of phenols is 1. The van der Waals surface area contributed by atoms with Crippen LogP contribution in [0.5, 0.6) is 5.75 Å². The predicted molar refractivity (Wildman–Crippen MR) is 226 cm³/mol. The van der Waals surface area contributed by atoms with E-state index in [4.69, 9.17) is 5.73 Å². The van der Waals surface area contributed by atoms with Gasteiger partial charge in [0.2, 0.25) is 29.5 Å². The summed E-state index contributed by atoms with van der Waals surface area (Å²) >= 11 is 0. The Bertz CT molecular complexity index is 2040. The fraction of sp³-hybridized carbons (Fsp3) is 0.386. The Kier molecular flexibility index (Phi) is 17.3. The fourth-order valence-electron chi connectivity index (χ4n) is 6.55. The molecule has 3 aromatic carbocycles. The number of fused-ring (bicyclic) bond motifs is 1. The first-order chi connectivity index (χ1) is 28.3. The molecule has 6 atom stereocenters. The van der Waals surface area contributed by atoms with Gasteiger partial charge < -0.3 is 47.2 Å². The number of aliphatic imine (C=N–C) groups is 1. The standard InChI is InChI=1S/C44H56N8O7/c1-27(2)39(44(59)48-32(26-53)22-29-12-6-5-7-13-29)52-41(56)36(16-10-11-21-45)49-43(58)38(24-31-25-47-35-15-9-8-14-34(31)35)51-42(57)37(50-40(55)28(3)46-4)23-30-17-19-33(54)20-18-30/h5-9,12-15,17-20,25-28,32,36-39,47,54H,4,10-11,16,21-24,45H2,1-3H3,(H,48,59)(H,49,58)(H,50,55)(H,51,57)(H,52,56)/t28-,32-,36-,37-,38+,39-/m0/s1. The Morgan fingerprint density at radius 1 is 0.712 bits per heavy atom. The molecule has 15 heteroatoms. The quantitative estimate of drug-likeness (QED) is 0.0314. The summed E-state index contributed by atoms with van der Waals surface area (Å²) in [6, 6.07) is 16.5. The number of unbranched alkanes of at least 4 members (excludes halogenated alkanes) is 1. The lowest BCUT2D eigenvalue weighted by Gasteiger charge is -2.28. The van der Waals surface area contributed by atoms with Gasteiger partial charge in [-0.05, 0) is 86.7 Å². The molecule has 0 fully saturated rings. The minimum absolute atomic E-state index is 0.00867. The number of aromatic amines is 1. The summed E-state index contributed by atoms with van der Waals surface area (Å²) in [5.41, 5.74) is 8.78. The molecule has 0 saturated carbocycles. The maximum absolute atomic E-state index is 14.4. The van der Waals surface area contributed by atoms with Crippen LogP contribution in [0.2, 0.25) is 0 Å². The van der Waals surface area contributed by atoms with Gasteiger partial charge in [-0.2, -0.15) is 0 Å². The third-order valence-corrected chi connectivity index (χ3v) is 10.0. The zero-order valence-electron chi connectivity index (χ0n) is 33.8. The van der Waals surface area contributed by atoms with Gasteiger partial charge in [-0.3, -0.25) is 29.0 Å². The average Bonchev–Trinajstić information content (AvgIpc) is 3.64. The van der Waals surface area contributed by atoms with Crippen LogP contribution in [0.1, 0.15) is 56.7 Å². The molecule has 15 nitrogen and oxygen atoms in total. The molecular weight excluding hydrogens is 753 g/mol. The van der Waals surface area contributed by atoms with Gasteiger partial charge in [0.1, 0.15) is 42.2 Å². The van der Waals surface area contributed by atoms with Crippen LogP contribution >= 0.6 is 0 Å². The number of carbonyl (C=O) groups is 6. The number of rotatable bonds is 23. The number of aromatic nitrogens is 1. The normalized spacial score (nSPS) is 14.2. The number of benzene rings is 3. The number of carbonyl (C=O) groups excluding carboxylic acids is 6. The van der Waals surface area contributed by atoms with Gasteiger partial charge in [0, 0.05) is 29.9 Å². The third kappa shape index (κ3) is 13.6. The number of para-hydroxylation sites is 1. The molecule has 4 aromatic rings. The molecule has 9 N–H and O–H groups in total. The summed E-state index contributed by atoms with van der Waals surface area (Å²) in [5.74, 6) is -3.47. The summed E-state index contributed by atoms with van der Waals surface area (Å²) in [7, 11) is 0. The van der Waals surface area contributed by atoms with Crippen LogP contribution in [0.25, 0.3) is 10.9 Å². The first-order valence-corrected chi connectivity index (χ1v) is 19.8. The second-order valence-electron chi connectivity index (χ2n) is 14.9. The molecule has 0 saturated heterocycles. The van der Waals surface area contributed by atoms with Gasteiger partial charge >= 0.3 is 0 Å². The number of aldehydes is 1. The molecule has 0 bridgehead atoms. The van der Waals surface area contributed by atoms with Gasteiger partial charge in [0.25, 0.3) is 0 Å². The molecular formula is C44H56N8O7. The minimum Gasteiger partial charge on any atom is -0.508 e. The highest BCUT2D eigenvalue weighted by molar-refractivity contribution is 5.97. The summed E-state index contributed by atoms with van der Waals surface area (Å²) in [6.07, 6.45) is 3.88. The maximum Gasteiger partial charge on any atom is 0.245 e. The van der Waals surface area contributed by atoms with Crippen molar-refractivity contribution in [1.29, 1.82) is 0 Å². The minimum atomic E-state index is -1.24. The van der Waals surface area contributed by atoms with Crippen molar-refractivity contribution in [3.8, 4) is 5.75 Å². The zero-order valence-corrected chi connectivity index (χ0v) is 33.8. The number of aromatic hydroxyl groups is 1. The predicted octanol–water partition coefficient (Wildman–Crippen LogP) is 2.40. The molecule has 0 aliphatic rings. The van der Waals surface area contributed by atoms with E-state index in [0.29, 0.717) is 36.8 Å². The highest BCUT2D eigenvalue weighted by Crippen LogP contribution is 2.20. The van der Waals surface area contributed by atoms with E-state index < -0.39 is 71.7 Å². The number of nitrogens with two attached hydrogens (primary N) is 1. The van der Waals surface area contributed by atoms with Crippen LogP contribution in [-0.4, -0.2) is 95.4 Å². The molecule has 59 heavy (non-hydrogen) atoms. The topological polar surface area (TPSA) is 237 Å². The van der Waals surface area contributed by atoms with Crippen molar-refractivity contribution in [2.24, 2.45) is 16.6 Å². The number of amides is 5. The van der Waals surface area contributed by atoms with Crippen molar-refractivity contribution in [1.82, 2.24) is 31.6 Å². The first kappa shape index (κ1) is 45.4. The molecule has 4 rings (SSSR count). The van der Waals surface area contributed by atoms with Gasteiger partial charge in [-0.1, -0.05) is 74.5 Å². The Balaban J connectivity index is 1.60. The van der Waals surface area contributed by atoms with Crippen molar-refractivity contribution >= 4 is 53.4 Å². The number of hydrogen-bond acceptors (Lipinski definition) is 9. The molecule has 0 radical (unpaired) electrons. The molecule has 0 unspecified atom stereocenters. The average molecular weight is 809 g/mol. The van der Waals surface area contributed by atoms with Crippen molar-refractivity contribution in [3.05, 3.63) is 102 Å². The van der Waals surface area contributed by atoms with Gasteiger partial charge in [-0.25, -0.2) is 0 Å². The van der Waals surface area contributed by atoms with E-state index in [9.17, 15) is 33.9 Å². The van der Waals surface area contributed by atoms with Crippen molar-refractivity contribution < 1.29 is 33.9 Å². The highest BCUT2D eigenvalue weighted by Gasteiger charge is 2.33. The van der Waals surface area contributed by atoms with E-state index in [1.54, 1.807) is 32.2 Å². The molecule has 5 amide bonds. The van der Waals surface area contributed by atoms with Gasteiger partial charge in [0.15, 0.2) is 0 Å². The second-order valence-corrected chi connectivity index (χ2v) is 14.9. The van der Waals surface area contributed by atoms with E-state index in [-0.39, 0.29) is 31.4 Å². The van der Waals surface area contributed by atoms with Crippen LogP contribution in [0.15, 0.2) is 90.1 Å². The summed E-state index contributed by atoms with van der Waals surface area (Å²) in [4.78, 5) is 88.1. The SMILES string of the molecule is C=N[C@@H](C)C(=O)N[C@@H](Cc1ccc(O)cc1)C(=O)N[C@H](Cc1c[nH]c2ccccc12)C(=O)N[C@@H](CCCCN)C(=O)N[C@H](C(=O)N[C@H](C=O)Cc1ccccc1)C(C)C. The number of nitrogens with zero attached hydrogens (tertiary/aromatic N) is 1. The Hall–Kier alpha value is -6.35. The largest absolute Gasteiger partial charge is 0.508 e. The molecule has 0 aliphatic carbocycles. The molecule has 0 spiro atoms. The van der Waals surface area contributed by atoms with Crippen molar-refractivity contribution in [2.45, 2.75) is 95.5 Å². The summed E-state index contributed by atoms with van der Waals surface area (Å²) in [5, 5.41) is 24.5. The third-order valence-electron chi connectivity index (χ3n) is 10.0. The molecule has 1 aromatic heterocycles. The van der Waals surface area contributed by atoms with E-state index in [0.717, 1.165) is 16.5 Å². The second kappa shape index (κ2) is 22.6. The lowest BCUT2D eigenvalue weighted by molar-refractivity contribution is -0.135. The summed E-state index contributed by atoms with van der Waals surface area (Å²) in [6.45, 7) is 8.82. The number of H-pyrrole nitrogens is 1. The molecule has 314 valence electrons. The smallest absolute Gasteiger partial charge is 0.245 e. The van der Waals surface area contributed by atoms with E-state index in [1.165, 1.54) is 19.1 Å². The van der Waals surface area contributed by atoms with E-state index in [2.05, 4.69) is 43.3 Å². The van der Waals surface area contributed by atoms with Crippen molar-refractivity contribution in [3.63, 3.8) is 0 Å². The lowest BCUT2D eigenvalue weighted by Crippen LogP contribution is -2.60. The summed E-state index contributed by atoms with van der Waals surface area (Å²) < 4.78 is 0. The Morgan fingerprint density at radius 2 is 1.31 bits per heavy atom. The fourth-order valence-corrected chi connectivity index (χ4v) is 6.55. The lowest BCUT2D eigenvalue weighted by atomic mass is 9.99. The van der Waals surface area contributed by atoms with Gasteiger partial charge in [-0.15, -0.1) is 0 Å². The van der Waals surface area contributed by atoms with Crippen molar-refractivity contribution in [2.75, 3.05) is 6.54 Å². The Morgan fingerprint density at radius 3 is 1.95 bits per heavy atom. The van der Waals surface area contributed by atoms with Gasteiger partial charge in [0.05, 0.1) is 6.04 Å². The number of nitrogens with one attached hydrogen (secondary N) is 6. The first-order valence-electron chi connectivity index (χ1n) is 19.8. The molecule has 0 aliphatic heterocycles. The zero-order chi connectivity index (χ0) is 42.9.